The third kappa shape index (κ3) is 3.53. The minimum absolute atomic E-state index is 0.0388. The molecule has 5 N–H and O–H groups in total. The summed E-state index contributed by atoms with van der Waals surface area (Å²) in [7, 11) is 0. The average Bonchev–Trinajstić information content (AvgIpc) is 2.55. The standard InChI is InChI=1S/C11H8O3.C6H8N2/c12-9-6-5-7-3-1-2-4-8(7)10(9)11(13)14;7-8-6-4-2-1-3-5-6/h1-6,12H,(H,13,14);1-5,8H,7H2. The van der Waals surface area contributed by atoms with Gasteiger partial charge in [0.2, 0.25) is 0 Å². The van der Waals surface area contributed by atoms with Crippen molar-refractivity contribution in [3.63, 3.8) is 0 Å². The summed E-state index contributed by atoms with van der Waals surface area (Å²) >= 11 is 0. The molecule has 0 spiro atoms. The number of aromatic hydroxyl groups is 1. The number of hydrogen-bond donors (Lipinski definition) is 4. The van der Waals surface area contributed by atoms with Crippen molar-refractivity contribution in [2.24, 2.45) is 5.84 Å². The average molecular weight is 296 g/mol. The summed E-state index contributed by atoms with van der Waals surface area (Å²) in [6.45, 7) is 0. The van der Waals surface area contributed by atoms with Gasteiger partial charge in [0.05, 0.1) is 0 Å². The first-order valence-electron chi connectivity index (χ1n) is 6.59. The lowest BCUT2D eigenvalue weighted by molar-refractivity contribution is 0.0696. The molecule has 0 aliphatic rings. The maximum Gasteiger partial charge on any atom is 0.340 e. The predicted molar refractivity (Wildman–Crippen MR) is 86.8 cm³/mol. The van der Waals surface area contributed by atoms with Gasteiger partial charge in [0.1, 0.15) is 11.3 Å². The number of nitrogens with one attached hydrogen (secondary N) is 1. The fourth-order valence-electron chi connectivity index (χ4n) is 2.02. The largest absolute Gasteiger partial charge is 0.507 e. The van der Waals surface area contributed by atoms with E-state index in [-0.39, 0.29) is 11.3 Å². The first-order valence-corrected chi connectivity index (χ1v) is 6.59. The van der Waals surface area contributed by atoms with Crippen molar-refractivity contribution < 1.29 is 15.0 Å². The van der Waals surface area contributed by atoms with E-state index in [1.807, 2.05) is 36.4 Å². The van der Waals surface area contributed by atoms with Crippen molar-refractivity contribution in [3.05, 3.63) is 72.3 Å². The SMILES string of the molecule is NNc1ccccc1.O=C(O)c1c(O)ccc2ccccc12. The van der Waals surface area contributed by atoms with Gasteiger partial charge in [-0.3, -0.25) is 5.84 Å². The number of rotatable bonds is 2. The van der Waals surface area contributed by atoms with Crippen LogP contribution in [0.5, 0.6) is 5.75 Å². The number of para-hydroxylation sites is 1. The first-order chi connectivity index (χ1) is 10.6. The summed E-state index contributed by atoms with van der Waals surface area (Å²) in [4.78, 5) is 10.9. The number of fused-ring (bicyclic) bond motifs is 1. The molecule has 0 fully saturated rings. The molecule has 3 aromatic carbocycles. The van der Waals surface area contributed by atoms with Crippen LogP contribution in [0.2, 0.25) is 0 Å². The molecule has 22 heavy (non-hydrogen) atoms. The normalized spacial score (nSPS) is 9.68. The maximum absolute atomic E-state index is 10.9. The molecule has 112 valence electrons. The van der Waals surface area contributed by atoms with E-state index >= 15 is 0 Å². The van der Waals surface area contributed by atoms with Gasteiger partial charge < -0.3 is 15.6 Å². The quantitative estimate of drug-likeness (QED) is 0.430. The number of carboxylic acid groups (broad SMARTS) is 1. The van der Waals surface area contributed by atoms with E-state index in [0.29, 0.717) is 5.39 Å². The van der Waals surface area contributed by atoms with Crippen LogP contribution in [0.15, 0.2) is 66.7 Å². The number of anilines is 1. The Morgan fingerprint density at radius 3 is 2.14 bits per heavy atom. The van der Waals surface area contributed by atoms with E-state index < -0.39 is 5.97 Å². The molecule has 0 aliphatic heterocycles. The van der Waals surface area contributed by atoms with Crippen molar-refractivity contribution in [3.8, 4) is 5.75 Å². The smallest absolute Gasteiger partial charge is 0.340 e. The molecule has 0 aromatic heterocycles. The fourth-order valence-corrected chi connectivity index (χ4v) is 2.02. The Labute approximate surface area is 127 Å². The van der Waals surface area contributed by atoms with E-state index in [9.17, 15) is 9.90 Å². The Morgan fingerprint density at radius 1 is 0.909 bits per heavy atom. The molecule has 0 unspecified atom stereocenters. The van der Waals surface area contributed by atoms with Gasteiger partial charge >= 0.3 is 5.97 Å². The van der Waals surface area contributed by atoms with Crippen LogP contribution < -0.4 is 11.3 Å². The van der Waals surface area contributed by atoms with Crippen molar-refractivity contribution >= 4 is 22.4 Å². The minimum Gasteiger partial charge on any atom is -0.507 e. The lowest BCUT2D eigenvalue weighted by atomic mass is 10.0. The zero-order chi connectivity index (χ0) is 15.9. The summed E-state index contributed by atoms with van der Waals surface area (Å²) in [5, 5.41) is 19.7. The van der Waals surface area contributed by atoms with Gasteiger partial charge in [0, 0.05) is 5.69 Å². The Balaban J connectivity index is 0.000000188. The van der Waals surface area contributed by atoms with Crippen LogP contribution in [0.1, 0.15) is 10.4 Å². The van der Waals surface area contributed by atoms with E-state index in [2.05, 4.69) is 5.43 Å². The summed E-state index contributed by atoms with van der Waals surface area (Å²) in [5.74, 6) is 3.79. The summed E-state index contributed by atoms with van der Waals surface area (Å²) in [6, 6.07) is 19.7. The molecule has 0 amide bonds. The maximum atomic E-state index is 10.9. The lowest BCUT2D eigenvalue weighted by Crippen LogP contribution is -2.05. The molecule has 0 bridgehead atoms. The van der Waals surface area contributed by atoms with Crippen LogP contribution in [0.3, 0.4) is 0 Å². The fraction of sp³-hybridized carbons (Fsp3) is 0. The van der Waals surface area contributed by atoms with Crippen LogP contribution >= 0.6 is 0 Å². The predicted octanol–water partition coefficient (Wildman–Crippen LogP) is 3.22. The van der Waals surface area contributed by atoms with Gasteiger partial charge in [-0.1, -0.05) is 48.5 Å². The highest BCUT2D eigenvalue weighted by Crippen LogP contribution is 2.26. The number of hydrogen-bond acceptors (Lipinski definition) is 4. The molecule has 0 radical (unpaired) electrons. The molecule has 0 aliphatic carbocycles. The highest BCUT2D eigenvalue weighted by Gasteiger charge is 2.12. The van der Waals surface area contributed by atoms with E-state index in [1.54, 1.807) is 24.3 Å². The molecule has 3 rings (SSSR count). The zero-order valence-corrected chi connectivity index (χ0v) is 11.7. The van der Waals surface area contributed by atoms with Gasteiger partial charge in [-0.25, -0.2) is 4.79 Å². The van der Waals surface area contributed by atoms with Gasteiger partial charge in [-0.2, -0.15) is 0 Å². The molecule has 0 heterocycles. The number of aromatic carboxylic acids is 1. The molecule has 0 saturated carbocycles. The molecular weight excluding hydrogens is 280 g/mol. The van der Waals surface area contributed by atoms with Crippen LogP contribution in [0, 0.1) is 0 Å². The molecule has 3 aromatic rings. The first kappa shape index (κ1) is 15.3. The molecule has 0 saturated heterocycles. The third-order valence-electron chi connectivity index (χ3n) is 3.06. The number of benzene rings is 3. The number of carbonyl (C=O) groups is 1. The minimum atomic E-state index is -1.11. The Bertz CT molecular complexity index is 773. The number of carboxylic acids is 1. The second-order valence-corrected chi connectivity index (χ2v) is 4.50. The second kappa shape index (κ2) is 7.10. The molecule has 5 heteroatoms. The second-order valence-electron chi connectivity index (χ2n) is 4.50. The molecular formula is C17H16N2O3. The summed E-state index contributed by atoms with van der Waals surface area (Å²) in [6.07, 6.45) is 0. The topological polar surface area (TPSA) is 95.6 Å². The third-order valence-corrected chi connectivity index (χ3v) is 3.06. The van der Waals surface area contributed by atoms with Crippen molar-refractivity contribution in [2.45, 2.75) is 0 Å². The molecule has 5 nitrogen and oxygen atoms in total. The van der Waals surface area contributed by atoms with E-state index in [4.69, 9.17) is 10.9 Å². The number of phenols is 1. The lowest BCUT2D eigenvalue weighted by Gasteiger charge is -2.03. The number of nitrogens with two attached hydrogens (primary N) is 1. The Morgan fingerprint density at radius 2 is 1.55 bits per heavy atom. The van der Waals surface area contributed by atoms with Crippen molar-refractivity contribution in [1.29, 1.82) is 0 Å². The van der Waals surface area contributed by atoms with Crippen LogP contribution in [-0.4, -0.2) is 16.2 Å². The number of nitrogen functional groups attached to an aromatic ring is 1. The highest BCUT2D eigenvalue weighted by molar-refractivity contribution is 6.06. The van der Waals surface area contributed by atoms with Crippen LogP contribution in [0.25, 0.3) is 10.8 Å². The van der Waals surface area contributed by atoms with E-state index in [0.717, 1.165) is 11.1 Å². The monoisotopic (exact) mass is 296 g/mol. The number of hydrazine groups is 1. The van der Waals surface area contributed by atoms with Crippen molar-refractivity contribution in [1.82, 2.24) is 0 Å². The van der Waals surface area contributed by atoms with Crippen LogP contribution in [0.4, 0.5) is 5.69 Å². The van der Waals surface area contributed by atoms with Crippen molar-refractivity contribution in [2.75, 3.05) is 5.43 Å². The van der Waals surface area contributed by atoms with Gasteiger partial charge in [0.15, 0.2) is 0 Å². The Kier molecular flexibility index (Phi) is 4.95. The zero-order valence-electron chi connectivity index (χ0n) is 11.7. The summed E-state index contributed by atoms with van der Waals surface area (Å²) < 4.78 is 0. The highest BCUT2D eigenvalue weighted by atomic mass is 16.4. The van der Waals surface area contributed by atoms with Gasteiger partial charge in [0.25, 0.3) is 0 Å². The van der Waals surface area contributed by atoms with E-state index in [1.165, 1.54) is 6.07 Å². The Hall–Kier alpha value is -3.05. The van der Waals surface area contributed by atoms with Crippen LogP contribution in [-0.2, 0) is 0 Å². The van der Waals surface area contributed by atoms with Gasteiger partial charge in [-0.05, 0) is 29.0 Å². The van der Waals surface area contributed by atoms with Gasteiger partial charge in [-0.15, -0.1) is 0 Å². The summed E-state index contributed by atoms with van der Waals surface area (Å²) in [5.41, 5.74) is 3.43. The molecule has 0 atom stereocenters.